The SMILES string of the molecule is CCOCCCNC(=O)c1ccc2c(c1)nc1n2CCCCC1. The lowest BCUT2D eigenvalue weighted by atomic mass is 10.2. The fourth-order valence-corrected chi connectivity index (χ4v) is 3.11. The van der Waals surface area contributed by atoms with E-state index in [9.17, 15) is 4.79 Å². The van der Waals surface area contributed by atoms with Crippen LogP contribution in [-0.2, 0) is 17.7 Å². The Bertz CT molecular complexity index is 678. The summed E-state index contributed by atoms with van der Waals surface area (Å²) in [6, 6.07) is 5.85. The molecule has 124 valence electrons. The Morgan fingerprint density at radius 1 is 1.35 bits per heavy atom. The molecule has 0 saturated heterocycles. The minimum absolute atomic E-state index is 0.0356. The zero-order chi connectivity index (χ0) is 16.1. The first-order valence-corrected chi connectivity index (χ1v) is 8.64. The van der Waals surface area contributed by atoms with Gasteiger partial charge >= 0.3 is 0 Å². The number of imidazole rings is 1. The van der Waals surface area contributed by atoms with Crippen molar-refractivity contribution in [2.45, 2.75) is 45.6 Å². The van der Waals surface area contributed by atoms with E-state index >= 15 is 0 Å². The van der Waals surface area contributed by atoms with Crippen LogP contribution in [0, 0.1) is 0 Å². The lowest BCUT2D eigenvalue weighted by molar-refractivity contribution is 0.0944. The minimum Gasteiger partial charge on any atom is -0.382 e. The van der Waals surface area contributed by atoms with Gasteiger partial charge in [-0.3, -0.25) is 4.79 Å². The van der Waals surface area contributed by atoms with E-state index in [1.54, 1.807) is 0 Å². The molecule has 23 heavy (non-hydrogen) atoms. The van der Waals surface area contributed by atoms with Gasteiger partial charge in [-0.05, 0) is 44.4 Å². The molecule has 1 aromatic heterocycles. The van der Waals surface area contributed by atoms with Gasteiger partial charge in [0.15, 0.2) is 0 Å². The first-order chi connectivity index (χ1) is 11.3. The molecule has 0 atom stereocenters. The number of hydrogen-bond donors (Lipinski definition) is 1. The van der Waals surface area contributed by atoms with E-state index < -0.39 is 0 Å². The summed E-state index contributed by atoms with van der Waals surface area (Å²) in [5.74, 6) is 1.12. The molecule has 0 unspecified atom stereocenters. The van der Waals surface area contributed by atoms with Crippen LogP contribution in [0.2, 0.25) is 0 Å². The molecule has 0 spiro atoms. The normalized spacial score (nSPS) is 14.5. The Kier molecular flexibility index (Phi) is 5.28. The Morgan fingerprint density at radius 3 is 3.13 bits per heavy atom. The van der Waals surface area contributed by atoms with Crippen molar-refractivity contribution in [1.82, 2.24) is 14.9 Å². The van der Waals surface area contributed by atoms with Crippen LogP contribution in [0.25, 0.3) is 11.0 Å². The summed E-state index contributed by atoms with van der Waals surface area (Å²) < 4.78 is 7.58. The van der Waals surface area contributed by atoms with Crippen molar-refractivity contribution in [2.75, 3.05) is 19.8 Å². The molecule has 1 N–H and O–H groups in total. The Balaban J connectivity index is 1.69. The molecular formula is C18H25N3O2. The predicted octanol–water partition coefficient (Wildman–Crippen LogP) is 2.92. The molecule has 3 rings (SSSR count). The Labute approximate surface area is 137 Å². The van der Waals surface area contributed by atoms with E-state index in [0.29, 0.717) is 18.7 Å². The fourth-order valence-electron chi connectivity index (χ4n) is 3.11. The van der Waals surface area contributed by atoms with Gasteiger partial charge in [-0.15, -0.1) is 0 Å². The van der Waals surface area contributed by atoms with Crippen LogP contribution in [0.3, 0.4) is 0 Å². The van der Waals surface area contributed by atoms with Crippen LogP contribution in [0.5, 0.6) is 0 Å². The molecule has 5 heteroatoms. The number of benzene rings is 1. The van der Waals surface area contributed by atoms with E-state index in [1.807, 2.05) is 25.1 Å². The molecule has 0 aliphatic carbocycles. The van der Waals surface area contributed by atoms with Gasteiger partial charge < -0.3 is 14.6 Å². The highest BCUT2D eigenvalue weighted by Gasteiger charge is 2.15. The third-order valence-electron chi connectivity index (χ3n) is 4.33. The molecule has 0 fully saturated rings. The summed E-state index contributed by atoms with van der Waals surface area (Å²) in [6.07, 6.45) is 5.55. The molecule has 1 amide bonds. The number of nitrogens with zero attached hydrogens (tertiary/aromatic N) is 2. The lowest BCUT2D eigenvalue weighted by Gasteiger charge is -2.06. The number of ether oxygens (including phenoxy) is 1. The number of amides is 1. The number of aryl methyl sites for hydroxylation is 2. The third kappa shape index (κ3) is 3.72. The maximum absolute atomic E-state index is 12.2. The molecule has 2 aromatic rings. The number of aromatic nitrogens is 2. The molecule has 1 aliphatic heterocycles. The second kappa shape index (κ2) is 7.59. The smallest absolute Gasteiger partial charge is 0.251 e. The quantitative estimate of drug-likeness (QED) is 0.834. The van der Waals surface area contributed by atoms with E-state index in [2.05, 4.69) is 9.88 Å². The molecule has 0 radical (unpaired) electrons. The van der Waals surface area contributed by atoms with Gasteiger partial charge in [0.25, 0.3) is 5.91 Å². The van der Waals surface area contributed by atoms with Gasteiger partial charge in [-0.1, -0.05) is 6.42 Å². The van der Waals surface area contributed by atoms with Gasteiger partial charge in [-0.25, -0.2) is 4.98 Å². The van der Waals surface area contributed by atoms with Crippen molar-refractivity contribution in [1.29, 1.82) is 0 Å². The average Bonchev–Trinajstić information content (AvgIpc) is 2.74. The topological polar surface area (TPSA) is 56.1 Å². The number of carbonyl (C=O) groups excluding carboxylic acids is 1. The Hall–Kier alpha value is -1.88. The molecule has 5 nitrogen and oxygen atoms in total. The van der Waals surface area contributed by atoms with Crippen LogP contribution < -0.4 is 5.32 Å². The monoisotopic (exact) mass is 315 g/mol. The van der Waals surface area contributed by atoms with Gasteiger partial charge in [0.05, 0.1) is 11.0 Å². The number of rotatable bonds is 6. The summed E-state index contributed by atoms with van der Waals surface area (Å²) in [5.41, 5.74) is 2.76. The van der Waals surface area contributed by atoms with E-state index in [1.165, 1.54) is 19.3 Å². The number of fused-ring (bicyclic) bond motifs is 3. The Morgan fingerprint density at radius 2 is 2.26 bits per heavy atom. The van der Waals surface area contributed by atoms with Crippen LogP contribution in [0.15, 0.2) is 18.2 Å². The zero-order valence-corrected chi connectivity index (χ0v) is 13.8. The first kappa shape index (κ1) is 16.0. The summed E-state index contributed by atoms with van der Waals surface area (Å²) in [6.45, 7) is 5.05. The fraction of sp³-hybridized carbons (Fsp3) is 0.556. The lowest BCUT2D eigenvalue weighted by Crippen LogP contribution is -2.25. The van der Waals surface area contributed by atoms with Crippen molar-refractivity contribution in [3.63, 3.8) is 0 Å². The second-order valence-electron chi connectivity index (χ2n) is 6.00. The summed E-state index contributed by atoms with van der Waals surface area (Å²) in [5, 5.41) is 2.94. The zero-order valence-electron chi connectivity index (χ0n) is 13.8. The van der Waals surface area contributed by atoms with Gasteiger partial charge in [0, 0.05) is 38.3 Å². The summed E-state index contributed by atoms with van der Waals surface area (Å²) >= 11 is 0. The predicted molar refractivity (Wildman–Crippen MR) is 90.7 cm³/mol. The molecule has 1 aliphatic rings. The molecule has 2 heterocycles. The molecule has 0 bridgehead atoms. The molecule has 1 aromatic carbocycles. The van der Waals surface area contributed by atoms with Gasteiger partial charge in [-0.2, -0.15) is 0 Å². The van der Waals surface area contributed by atoms with Crippen LogP contribution in [-0.4, -0.2) is 35.2 Å². The summed E-state index contributed by atoms with van der Waals surface area (Å²) in [4.78, 5) is 17.0. The van der Waals surface area contributed by atoms with Crippen LogP contribution >= 0.6 is 0 Å². The third-order valence-corrected chi connectivity index (χ3v) is 4.33. The van der Waals surface area contributed by atoms with Crippen molar-refractivity contribution < 1.29 is 9.53 Å². The maximum Gasteiger partial charge on any atom is 0.251 e. The number of carbonyl (C=O) groups is 1. The van der Waals surface area contributed by atoms with E-state index in [4.69, 9.17) is 9.72 Å². The molecule has 0 saturated carbocycles. The number of hydrogen-bond acceptors (Lipinski definition) is 3. The number of nitrogens with one attached hydrogen (secondary N) is 1. The van der Waals surface area contributed by atoms with E-state index in [0.717, 1.165) is 42.9 Å². The van der Waals surface area contributed by atoms with E-state index in [-0.39, 0.29) is 5.91 Å². The standard InChI is InChI=1S/C18H25N3O2/c1-2-23-12-6-10-19-18(22)14-8-9-16-15(13-14)20-17-7-4-3-5-11-21(16)17/h8-9,13H,2-7,10-12H2,1H3,(H,19,22). The largest absolute Gasteiger partial charge is 0.382 e. The van der Waals surface area contributed by atoms with Gasteiger partial charge in [0.2, 0.25) is 0 Å². The van der Waals surface area contributed by atoms with Crippen LogP contribution in [0.4, 0.5) is 0 Å². The molecular weight excluding hydrogens is 290 g/mol. The highest BCUT2D eigenvalue weighted by molar-refractivity contribution is 5.97. The maximum atomic E-state index is 12.2. The van der Waals surface area contributed by atoms with Crippen LogP contribution in [0.1, 0.15) is 48.8 Å². The van der Waals surface area contributed by atoms with Crippen molar-refractivity contribution in [2.24, 2.45) is 0 Å². The first-order valence-electron chi connectivity index (χ1n) is 8.64. The summed E-state index contributed by atoms with van der Waals surface area (Å²) in [7, 11) is 0. The highest BCUT2D eigenvalue weighted by Crippen LogP contribution is 2.22. The highest BCUT2D eigenvalue weighted by atomic mass is 16.5. The van der Waals surface area contributed by atoms with Crippen molar-refractivity contribution >= 4 is 16.9 Å². The minimum atomic E-state index is -0.0356. The van der Waals surface area contributed by atoms with Gasteiger partial charge in [0.1, 0.15) is 5.82 Å². The average molecular weight is 315 g/mol. The van der Waals surface area contributed by atoms with Crippen molar-refractivity contribution in [3.8, 4) is 0 Å². The second-order valence-corrected chi connectivity index (χ2v) is 6.00. The van der Waals surface area contributed by atoms with Crippen molar-refractivity contribution in [3.05, 3.63) is 29.6 Å².